The van der Waals surface area contributed by atoms with Gasteiger partial charge in [0.25, 0.3) is 5.91 Å². The Morgan fingerprint density at radius 1 is 1.00 bits per heavy atom. The van der Waals surface area contributed by atoms with Crippen LogP contribution in [0.15, 0.2) is 48.5 Å². The van der Waals surface area contributed by atoms with Crippen LogP contribution in [-0.2, 0) is 22.5 Å². The number of aryl methyl sites for hydroxylation is 1. The molecule has 1 atom stereocenters. The van der Waals surface area contributed by atoms with E-state index in [2.05, 4.69) is 60.4 Å². The van der Waals surface area contributed by atoms with Crippen molar-refractivity contribution >= 4 is 11.9 Å². The standard InChI is InChI=1S/C23H30N2O3/c1-5-17-6-10-19(11-7-17)22(16(2)3)25-15-21(26)24-14-18-8-12-20(13-9-18)23(27)28-4/h6-13,16,22,25H,5,14-15H2,1-4H3,(H,24,26)/p+1/t22-/m0/s1. The maximum Gasteiger partial charge on any atom is 0.337 e. The van der Waals surface area contributed by atoms with Crippen LogP contribution < -0.4 is 10.6 Å². The molecule has 3 N–H and O–H groups in total. The lowest BCUT2D eigenvalue weighted by molar-refractivity contribution is -0.692. The maximum absolute atomic E-state index is 12.3. The fraction of sp³-hybridized carbons (Fsp3) is 0.391. The van der Waals surface area contributed by atoms with E-state index in [1.807, 2.05) is 12.1 Å². The van der Waals surface area contributed by atoms with Gasteiger partial charge in [0.15, 0.2) is 6.54 Å². The van der Waals surface area contributed by atoms with Crippen molar-refractivity contribution < 1.29 is 19.6 Å². The molecule has 1 amide bonds. The number of esters is 1. The molecular weight excluding hydrogens is 352 g/mol. The Balaban J connectivity index is 1.86. The molecule has 2 rings (SSSR count). The van der Waals surface area contributed by atoms with E-state index in [0.29, 0.717) is 24.6 Å². The number of nitrogens with one attached hydrogen (secondary N) is 1. The van der Waals surface area contributed by atoms with Gasteiger partial charge in [0.2, 0.25) is 0 Å². The van der Waals surface area contributed by atoms with Crippen LogP contribution in [0.3, 0.4) is 0 Å². The lowest BCUT2D eigenvalue weighted by atomic mass is 9.95. The number of carbonyl (C=O) groups is 2. The Morgan fingerprint density at radius 3 is 2.14 bits per heavy atom. The van der Waals surface area contributed by atoms with Crippen LogP contribution in [0.25, 0.3) is 0 Å². The second kappa shape index (κ2) is 10.6. The molecule has 0 aromatic heterocycles. The van der Waals surface area contributed by atoms with Crippen molar-refractivity contribution in [2.75, 3.05) is 13.7 Å². The lowest BCUT2D eigenvalue weighted by Gasteiger charge is -2.20. The third-order valence-electron chi connectivity index (χ3n) is 4.91. The molecule has 0 spiro atoms. The SMILES string of the molecule is CCc1ccc([C@@H]([NH2+]CC(=O)NCc2ccc(C(=O)OC)cc2)C(C)C)cc1. The normalized spacial score (nSPS) is 11.9. The zero-order valence-electron chi connectivity index (χ0n) is 17.2. The summed E-state index contributed by atoms with van der Waals surface area (Å²) in [5, 5.41) is 5.04. The van der Waals surface area contributed by atoms with Gasteiger partial charge in [0, 0.05) is 18.0 Å². The fourth-order valence-corrected chi connectivity index (χ4v) is 3.15. The Bertz CT molecular complexity index is 767. The maximum atomic E-state index is 12.3. The van der Waals surface area contributed by atoms with E-state index in [-0.39, 0.29) is 17.9 Å². The molecule has 5 heteroatoms. The predicted molar refractivity (Wildman–Crippen MR) is 110 cm³/mol. The lowest BCUT2D eigenvalue weighted by Crippen LogP contribution is -2.88. The highest BCUT2D eigenvalue weighted by atomic mass is 16.5. The molecule has 0 fully saturated rings. The molecule has 2 aromatic carbocycles. The van der Waals surface area contributed by atoms with Gasteiger partial charge >= 0.3 is 5.97 Å². The number of hydrogen-bond donors (Lipinski definition) is 2. The van der Waals surface area contributed by atoms with Gasteiger partial charge in [0.05, 0.1) is 12.7 Å². The molecule has 0 heterocycles. The van der Waals surface area contributed by atoms with E-state index in [1.54, 1.807) is 12.1 Å². The van der Waals surface area contributed by atoms with Crippen molar-refractivity contribution in [2.24, 2.45) is 5.92 Å². The zero-order valence-corrected chi connectivity index (χ0v) is 17.2. The summed E-state index contributed by atoms with van der Waals surface area (Å²) in [4.78, 5) is 23.7. The van der Waals surface area contributed by atoms with Crippen molar-refractivity contribution in [3.05, 3.63) is 70.8 Å². The van der Waals surface area contributed by atoms with Crippen LogP contribution in [0.5, 0.6) is 0 Å². The van der Waals surface area contributed by atoms with Crippen molar-refractivity contribution in [1.29, 1.82) is 0 Å². The number of amides is 1. The van der Waals surface area contributed by atoms with Crippen molar-refractivity contribution in [2.45, 2.75) is 39.8 Å². The number of rotatable bonds is 9. The second-order valence-electron chi connectivity index (χ2n) is 7.27. The van der Waals surface area contributed by atoms with Crippen LogP contribution in [0.4, 0.5) is 0 Å². The zero-order chi connectivity index (χ0) is 20.5. The molecule has 0 radical (unpaired) electrons. The van der Waals surface area contributed by atoms with E-state index < -0.39 is 0 Å². The molecule has 5 nitrogen and oxygen atoms in total. The largest absolute Gasteiger partial charge is 0.465 e. The minimum atomic E-state index is -0.364. The van der Waals surface area contributed by atoms with Gasteiger partial charge in [-0.25, -0.2) is 4.79 Å². The second-order valence-corrected chi connectivity index (χ2v) is 7.27. The summed E-state index contributed by atoms with van der Waals surface area (Å²) < 4.78 is 4.68. The summed E-state index contributed by atoms with van der Waals surface area (Å²) in [6, 6.07) is 16.0. The first-order chi connectivity index (χ1) is 13.4. The number of benzene rings is 2. The molecule has 28 heavy (non-hydrogen) atoms. The summed E-state index contributed by atoms with van der Waals surface area (Å²) >= 11 is 0. The van der Waals surface area contributed by atoms with Crippen LogP contribution in [-0.4, -0.2) is 25.5 Å². The van der Waals surface area contributed by atoms with E-state index in [9.17, 15) is 9.59 Å². The van der Waals surface area contributed by atoms with Crippen LogP contribution >= 0.6 is 0 Å². The number of ether oxygens (including phenoxy) is 1. The van der Waals surface area contributed by atoms with Crippen molar-refractivity contribution in [3.63, 3.8) is 0 Å². The fourth-order valence-electron chi connectivity index (χ4n) is 3.15. The molecule has 0 bridgehead atoms. The summed E-state index contributed by atoms with van der Waals surface area (Å²) in [6.07, 6.45) is 1.03. The number of quaternary nitrogens is 1. The third kappa shape index (κ3) is 6.20. The smallest absolute Gasteiger partial charge is 0.337 e. The van der Waals surface area contributed by atoms with Gasteiger partial charge < -0.3 is 15.4 Å². The molecule has 0 saturated carbocycles. The number of nitrogens with two attached hydrogens (primary N) is 1. The molecular formula is C23H31N2O3+. The summed E-state index contributed by atoms with van der Waals surface area (Å²) in [5.74, 6) is 0.0518. The van der Waals surface area contributed by atoms with Crippen LogP contribution in [0, 0.1) is 5.92 Å². The van der Waals surface area contributed by atoms with Gasteiger partial charge in [-0.2, -0.15) is 0 Å². The van der Waals surface area contributed by atoms with Crippen molar-refractivity contribution in [1.82, 2.24) is 5.32 Å². The van der Waals surface area contributed by atoms with Gasteiger partial charge in [-0.15, -0.1) is 0 Å². The van der Waals surface area contributed by atoms with Gasteiger partial charge in [-0.1, -0.05) is 57.2 Å². The summed E-state index contributed by atoms with van der Waals surface area (Å²) in [6.45, 7) is 7.31. The van der Waals surface area contributed by atoms with E-state index in [4.69, 9.17) is 0 Å². The Hall–Kier alpha value is -2.66. The Labute approximate surface area is 167 Å². The van der Waals surface area contributed by atoms with E-state index in [0.717, 1.165) is 12.0 Å². The highest BCUT2D eigenvalue weighted by molar-refractivity contribution is 5.89. The van der Waals surface area contributed by atoms with Crippen LogP contribution in [0.2, 0.25) is 0 Å². The topological polar surface area (TPSA) is 72.0 Å². The molecule has 0 aliphatic rings. The van der Waals surface area contributed by atoms with E-state index in [1.165, 1.54) is 18.2 Å². The summed E-state index contributed by atoms with van der Waals surface area (Å²) in [7, 11) is 1.36. The number of hydrogen-bond acceptors (Lipinski definition) is 3. The Kier molecular flexibility index (Phi) is 8.20. The number of methoxy groups -OCH3 is 1. The highest BCUT2D eigenvalue weighted by Gasteiger charge is 2.20. The molecule has 0 unspecified atom stereocenters. The monoisotopic (exact) mass is 383 g/mol. The Morgan fingerprint density at radius 2 is 1.61 bits per heavy atom. The molecule has 150 valence electrons. The molecule has 0 aliphatic heterocycles. The number of carbonyl (C=O) groups excluding carboxylic acids is 2. The quantitative estimate of drug-likeness (QED) is 0.654. The van der Waals surface area contributed by atoms with Crippen LogP contribution in [0.1, 0.15) is 53.9 Å². The van der Waals surface area contributed by atoms with E-state index >= 15 is 0 Å². The van der Waals surface area contributed by atoms with Gasteiger partial charge in [0.1, 0.15) is 6.04 Å². The molecule has 2 aromatic rings. The van der Waals surface area contributed by atoms with Crippen molar-refractivity contribution in [3.8, 4) is 0 Å². The first-order valence-electron chi connectivity index (χ1n) is 9.80. The van der Waals surface area contributed by atoms with Gasteiger partial charge in [-0.3, -0.25) is 4.79 Å². The predicted octanol–water partition coefficient (Wildman–Crippen LogP) is 2.61. The van der Waals surface area contributed by atoms with Gasteiger partial charge in [-0.05, 0) is 29.7 Å². The highest BCUT2D eigenvalue weighted by Crippen LogP contribution is 2.18. The first-order valence-corrected chi connectivity index (χ1v) is 9.80. The minimum Gasteiger partial charge on any atom is -0.465 e. The average Bonchev–Trinajstić information content (AvgIpc) is 2.72. The third-order valence-corrected chi connectivity index (χ3v) is 4.91. The minimum absolute atomic E-state index is 0.00660. The average molecular weight is 384 g/mol. The first kappa shape index (κ1) is 21.6. The molecule has 0 saturated heterocycles. The molecule has 0 aliphatic carbocycles. The summed E-state index contributed by atoms with van der Waals surface area (Å²) in [5.41, 5.74) is 4.01.